The van der Waals surface area contributed by atoms with Gasteiger partial charge >= 0.3 is 0 Å². The molecule has 0 aliphatic rings. The molecule has 20 heavy (non-hydrogen) atoms. The number of rotatable bonds is 4. The molecule has 0 spiro atoms. The Morgan fingerprint density at radius 2 is 2.10 bits per heavy atom. The van der Waals surface area contributed by atoms with Crippen LogP contribution in [0.25, 0.3) is 11.3 Å². The van der Waals surface area contributed by atoms with Crippen LogP contribution in [0.5, 0.6) is 0 Å². The summed E-state index contributed by atoms with van der Waals surface area (Å²) in [6.45, 7) is 2.11. The van der Waals surface area contributed by atoms with E-state index in [2.05, 4.69) is 22.6 Å². The lowest BCUT2D eigenvalue weighted by atomic mass is 10.1. The minimum atomic E-state index is 0.217. The first-order valence-electron chi connectivity index (χ1n) is 6.22. The van der Waals surface area contributed by atoms with Crippen molar-refractivity contribution in [1.82, 2.24) is 4.98 Å². The quantitative estimate of drug-likeness (QED) is 0.717. The Hall–Kier alpha value is -1.78. The molecule has 1 aromatic carbocycles. The second-order valence-corrected chi connectivity index (χ2v) is 6.04. The van der Waals surface area contributed by atoms with Gasteiger partial charge < -0.3 is 9.73 Å². The molecule has 2 aromatic heterocycles. The highest BCUT2D eigenvalue weighted by Gasteiger charge is 2.08. The van der Waals surface area contributed by atoms with Crippen molar-refractivity contribution in [2.45, 2.75) is 13.0 Å². The van der Waals surface area contributed by atoms with Gasteiger partial charge in [-0.05, 0) is 48.2 Å². The Kier molecular flexibility index (Phi) is 3.76. The molecule has 0 amide bonds. The van der Waals surface area contributed by atoms with Gasteiger partial charge in [-0.3, -0.25) is 0 Å². The third-order valence-corrected chi connectivity index (χ3v) is 4.18. The lowest BCUT2D eigenvalue weighted by Crippen LogP contribution is -2.05. The summed E-state index contributed by atoms with van der Waals surface area (Å²) in [6, 6.07) is 10.3. The fourth-order valence-electron chi connectivity index (χ4n) is 1.97. The van der Waals surface area contributed by atoms with Gasteiger partial charge in [0, 0.05) is 17.3 Å². The smallest absolute Gasteiger partial charge is 0.181 e. The maximum Gasteiger partial charge on any atom is 0.181 e. The molecule has 0 saturated carbocycles. The van der Waals surface area contributed by atoms with E-state index in [1.54, 1.807) is 17.5 Å². The van der Waals surface area contributed by atoms with Crippen LogP contribution >= 0.6 is 22.9 Å². The highest BCUT2D eigenvalue weighted by Crippen LogP contribution is 2.28. The molecule has 1 unspecified atom stereocenters. The molecule has 1 N–H and O–H groups in total. The second kappa shape index (κ2) is 5.69. The summed E-state index contributed by atoms with van der Waals surface area (Å²) in [5.74, 6) is 0.772. The Morgan fingerprint density at radius 3 is 2.70 bits per heavy atom. The van der Waals surface area contributed by atoms with Crippen molar-refractivity contribution in [1.29, 1.82) is 0 Å². The van der Waals surface area contributed by atoms with Crippen molar-refractivity contribution in [3.05, 3.63) is 58.2 Å². The number of benzene rings is 1. The van der Waals surface area contributed by atoms with Crippen LogP contribution in [0.4, 0.5) is 5.69 Å². The van der Waals surface area contributed by atoms with Crippen LogP contribution in [0.1, 0.15) is 18.5 Å². The highest BCUT2D eigenvalue weighted by molar-refractivity contribution is 7.14. The molecule has 3 aromatic rings. The largest absolute Gasteiger partial charge is 0.444 e. The maximum atomic E-state index is 5.96. The van der Waals surface area contributed by atoms with Gasteiger partial charge in [-0.15, -0.1) is 11.3 Å². The normalized spacial score (nSPS) is 12.3. The average Bonchev–Trinajstić information content (AvgIpc) is 3.10. The standard InChI is InChI=1S/C15H13ClN2OS/c1-10(12-6-15(16)20-8-12)18-13-4-2-11(3-5-13)14-7-17-9-19-14/h2-10,18H,1H3. The van der Waals surface area contributed by atoms with Gasteiger partial charge in [0.2, 0.25) is 0 Å². The van der Waals surface area contributed by atoms with Gasteiger partial charge in [0.1, 0.15) is 0 Å². The summed E-state index contributed by atoms with van der Waals surface area (Å²) < 4.78 is 6.08. The number of oxazole rings is 1. The van der Waals surface area contributed by atoms with E-state index in [9.17, 15) is 0 Å². The molecule has 2 heterocycles. The molecular weight excluding hydrogens is 292 g/mol. The van der Waals surface area contributed by atoms with Crippen molar-refractivity contribution < 1.29 is 4.42 Å². The molecule has 0 saturated heterocycles. The van der Waals surface area contributed by atoms with Crippen LogP contribution in [0, 0.1) is 0 Å². The summed E-state index contributed by atoms with van der Waals surface area (Å²) in [6.07, 6.45) is 3.14. The number of thiophene rings is 1. The molecule has 0 radical (unpaired) electrons. The fraction of sp³-hybridized carbons (Fsp3) is 0.133. The molecular formula is C15H13ClN2OS. The van der Waals surface area contributed by atoms with Crippen molar-refractivity contribution in [2.24, 2.45) is 0 Å². The molecule has 3 nitrogen and oxygen atoms in total. The van der Waals surface area contributed by atoms with E-state index in [4.69, 9.17) is 16.0 Å². The van der Waals surface area contributed by atoms with Crippen LogP contribution in [-0.2, 0) is 0 Å². The highest BCUT2D eigenvalue weighted by atomic mass is 35.5. The Balaban J connectivity index is 1.72. The number of aromatic nitrogens is 1. The van der Waals surface area contributed by atoms with E-state index in [0.29, 0.717) is 0 Å². The summed E-state index contributed by atoms with van der Waals surface area (Å²) in [7, 11) is 0. The maximum absolute atomic E-state index is 5.96. The first-order valence-corrected chi connectivity index (χ1v) is 7.47. The molecule has 0 aliphatic heterocycles. The molecule has 102 valence electrons. The first-order chi connectivity index (χ1) is 9.72. The average molecular weight is 305 g/mol. The molecule has 3 rings (SSSR count). The summed E-state index contributed by atoms with van der Waals surface area (Å²) in [5, 5.41) is 5.52. The van der Waals surface area contributed by atoms with E-state index < -0.39 is 0 Å². The zero-order valence-corrected chi connectivity index (χ0v) is 12.4. The lowest BCUT2D eigenvalue weighted by Gasteiger charge is -2.14. The predicted octanol–water partition coefficient (Wildman–Crippen LogP) is 5.23. The number of nitrogens with one attached hydrogen (secondary N) is 1. The van der Waals surface area contributed by atoms with Crippen molar-refractivity contribution in [3.8, 4) is 11.3 Å². The van der Waals surface area contributed by atoms with Gasteiger partial charge in [-0.2, -0.15) is 0 Å². The van der Waals surface area contributed by atoms with Crippen LogP contribution in [0.15, 0.2) is 52.7 Å². The number of anilines is 1. The van der Waals surface area contributed by atoms with Crippen molar-refractivity contribution in [3.63, 3.8) is 0 Å². The summed E-state index contributed by atoms with van der Waals surface area (Å²) in [5.41, 5.74) is 3.27. The van der Waals surface area contributed by atoms with Gasteiger partial charge in [0.05, 0.1) is 10.5 Å². The molecule has 5 heteroatoms. The van der Waals surface area contributed by atoms with Gasteiger partial charge in [0.25, 0.3) is 0 Å². The Bertz CT molecular complexity index is 676. The second-order valence-electron chi connectivity index (χ2n) is 4.49. The summed E-state index contributed by atoms with van der Waals surface area (Å²) >= 11 is 7.51. The van der Waals surface area contributed by atoms with E-state index >= 15 is 0 Å². The Morgan fingerprint density at radius 1 is 1.30 bits per heavy atom. The van der Waals surface area contributed by atoms with Crippen molar-refractivity contribution >= 4 is 28.6 Å². The third-order valence-electron chi connectivity index (χ3n) is 3.07. The van der Waals surface area contributed by atoms with Crippen LogP contribution in [-0.4, -0.2) is 4.98 Å². The monoisotopic (exact) mass is 304 g/mol. The Labute approximate surface area is 126 Å². The zero-order valence-electron chi connectivity index (χ0n) is 10.8. The third kappa shape index (κ3) is 2.86. The van der Waals surface area contributed by atoms with Crippen LogP contribution in [0.3, 0.4) is 0 Å². The van der Waals surface area contributed by atoms with E-state index in [1.165, 1.54) is 12.0 Å². The minimum absolute atomic E-state index is 0.217. The number of hydrogen-bond donors (Lipinski definition) is 1. The molecule has 0 aliphatic carbocycles. The van der Waals surface area contributed by atoms with Crippen molar-refractivity contribution in [2.75, 3.05) is 5.32 Å². The van der Waals surface area contributed by atoms with Gasteiger partial charge in [-0.1, -0.05) is 11.6 Å². The van der Waals surface area contributed by atoms with E-state index in [0.717, 1.165) is 21.3 Å². The van der Waals surface area contributed by atoms with E-state index in [1.807, 2.05) is 30.3 Å². The van der Waals surface area contributed by atoms with Crippen LogP contribution in [0.2, 0.25) is 4.34 Å². The number of halogens is 1. The lowest BCUT2D eigenvalue weighted by molar-refractivity contribution is 0.572. The first kappa shape index (κ1) is 13.2. The topological polar surface area (TPSA) is 38.1 Å². The SMILES string of the molecule is CC(Nc1ccc(-c2cnco2)cc1)c1csc(Cl)c1. The van der Waals surface area contributed by atoms with Crippen LogP contribution < -0.4 is 5.32 Å². The van der Waals surface area contributed by atoms with E-state index in [-0.39, 0.29) is 6.04 Å². The number of nitrogens with zero attached hydrogens (tertiary/aromatic N) is 1. The molecule has 1 atom stereocenters. The molecule has 0 fully saturated rings. The van der Waals surface area contributed by atoms with Gasteiger partial charge in [-0.25, -0.2) is 4.98 Å². The van der Waals surface area contributed by atoms with Gasteiger partial charge in [0.15, 0.2) is 12.2 Å². The summed E-state index contributed by atoms with van der Waals surface area (Å²) in [4.78, 5) is 3.92. The molecule has 0 bridgehead atoms. The minimum Gasteiger partial charge on any atom is -0.444 e. The zero-order chi connectivity index (χ0) is 13.9. The fourth-order valence-corrected chi connectivity index (χ4v) is 2.96. The number of hydrogen-bond acceptors (Lipinski definition) is 4. The predicted molar refractivity (Wildman–Crippen MR) is 83.3 cm³/mol.